The molecule has 2 heterocycles. The molecule has 2 amide bonds. The van der Waals surface area contributed by atoms with Crippen LogP contribution in [0, 0.1) is 3.57 Å². The van der Waals surface area contributed by atoms with Gasteiger partial charge in [-0.05, 0) is 72.7 Å². The fourth-order valence-corrected chi connectivity index (χ4v) is 3.71. The van der Waals surface area contributed by atoms with Gasteiger partial charge in [-0.25, -0.2) is 4.79 Å². The molecule has 1 fully saturated rings. The van der Waals surface area contributed by atoms with E-state index in [1.54, 1.807) is 11.8 Å². The summed E-state index contributed by atoms with van der Waals surface area (Å²) in [7, 11) is 0. The number of hydrogen-bond donors (Lipinski definition) is 1. The summed E-state index contributed by atoms with van der Waals surface area (Å²) in [6, 6.07) is 11.7. The number of hydrogen-bond acceptors (Lipinski definition) is 3. The first-order valence-electron chi connectivity index (χ1n) is 8.74. The lowest BCUT2D eigenvalue weighted by atomic mass is 10.1. The van der Waals surface area contributed by atoms with Crippen LogP contribution in [0.2, 0.25) is 0 Å². The molecular formula is C19H22IN3O3. The Kier molecular flexibility index (Phi) is 6.18. The molecule has 0 aliphatic carbocycles. The molecule has 138 valence electrons. The Morgan fingerprint density at radius 2 is 2.15 bits per heavy atom. The van der Waals surface area contributed by atoms with Crippen molar-refractivity contribution < 1.29 is 14.3 Å². The highest BCUT2D eigenvalue weighted by molar-refractivity contribution is 14.1. The van der Waals surface area contributed by atoms with Crippen molar-refractivity contribution in [3.63, 3.8) is 0 Å². The quantitative estimate of drug-likeness (QED) is 0.702. The molecule has 1 aliphatic rings. The van der Waals surface area contributed by atoms with Crippen molar-refractivity contribution in [2.45, 2.75) is 25.8 Å². The first kappa shape index (κ1) is 18.8. The zero-order chi connectivity index (χ0) is 18.5. The Bertz CT molecular complexity index is 790. The monoisotopic (exact) mass is 467 g/mol. The maximum atomic E-state index is 13.1. The number of nitrogens with zero attached hydrogens (tertiary/aromatic N) is 2. The summed E-state index contributed by atoms with van der Waals surface area (Å²) in [6.45, 7) is 3.30. The summed E-state index contributed by atoms with van der Waals surface area (Å²) < 4.78 is 7.97. The number of amides is 2. The zero-order valence-electron chi connectivity index (χ0n) is 14.7. The fraction of sp³-hybridized carbons (Fsp3) is 0.368. The van der Waals surface area contributed by atoms with Crippen molar-refractivity contribution in [2.75, 3.05) is 19.7 Å². The predicted molar refractivity (Wildman–Crippen MR) is 108 cm³/mol. The standard InChI is InChI=1S/C19H22IN3O3/c1-2-26-19(25)21-15-7-4-10-22(13-15)18(24)17-9-5-11-23(17)16-8-3-6-14(20)12-16/h3,5-6,8-9,11-12,15H,2,4,7,10,13H2,1H3,(H,21,25). The van der Waals surface area contributed by atoms with Crippen LogP contribution in [0.3, 0.4) is 0 Å². The molecule has 1 atom stereocenters. The lowest BCUT2D eigenvalue weighted by Gasteiger charge is -2.33. The van der Waals surface area contributed by atoms with E-state index in [4.69, 9.17) is 4.74 Å². The van der Waals surface area contributed by atoms with Crippen LogP contribution in [0.5, 0.6) is 0 Å². The third-order valence-corrected chi connectivity index (χ3v) is 5.03. The van der Waals surface area contributed by atoms with E-state index in [2.05, 4.69) is 27.9 Å². The number of nitrogens with one attached hydrogen (secondary N) is 1. The Morgan fingerprint density at radius 3 is 2.92 bits per heavy atom. The normalized spacial score (nSPS) is 17.0. The molecule has 3 rings (SSSR count). The van der Waals surface area contributed by atoms with Gasteiger partial charge >= 0.3 is 6.09 Å². The average molecular weight is 467 g/mol. The van der Waals surface area contributed by atoms with Crippen LogP contribution < -0.4 is 5.32 Å². The van der Waals surface area contributed by atoms with Gasteiger partial charge in [0.15, 0.2) is 0 Å². The van der Waals surface area contributed by atoms with E-state index in [1.807, 2.05) is 47.2 Å². The van der Waals surface area contributed by atoms with Crippen LogP contribution in [0.4, 0.5) is 4.79 Å². The van der Waals surface area contributed by atoms with Crippen molar-refractivity contribution in [3.05, 3.63) is 51.9 Å². The van der Waals surface area contributed by atoms with Crippen molar-refractivity contribution >= 4 is 34.6 Å². The number of benzene rings is 1. The predicted octanol–water partition coefficient (Wildman–Crippen LogP) is 3.43. The largest absolute Gasteiger partial charge is 0.450 e. The molecule has 1 aromatic heterocycles. The number of carbonyl (C=O) groups excluding carboxylic acids is 2. The number of piperidine rings is 1. The van der Waals surface area contributed by atoms with Crippen LogP contribution in [-0.4, -0.2) is 47.2 Å². The third kappa shape index (κ3) is 4.38. The van der Waals surface area contributed by atoms with Crippen LogP contribution in [-0.2, 0) is 4.74 Å². The van der Waals surface area contributed by atoms with Gasteiger partial charge in [0.25, 0.3) is 5.91 Å². The minimum Gasteiger partial charge on any atom is -0.450 e. The highest BCUT2D eigenvalue weighted by Gasteiger charge is 2.27. The van der Waals surface area contributed by atoms with Gasteiger partial charge < -0.3 is 19.5 Å². The highest BCUT2D eigenvalue weighted by atomic mass is 127. The molecule has 0 saturated carbocycles. The number of likely N-dealkylation sites (tertiary alicyclic amines) is 1. The molecule has 0 spiro atoms. The second kappa shape index (κ2) is 8.57. The van der Waals surface area contributed by atoms with E-state index < -0.39 is 6.09 Å². The summed E-state index contributed by atoms with van der Waals surface area (Å²) in [5, 5.41) is 2.84. The van der Waals surface area contributed by atoms with E-state index in [0.717, 1.165) is 22.1 Å². The first-order chi connectivity index (χ1) is 12.6. The van der Waals surface area contributed by atoms with E-state index in [1.165, 1.54) is 0 Å². The fourth-order valence-electron chi connectivity index (χ4n) is 3.19. The maximum Gasteiger partial charge on any atom is 0.407 e. The smallest absolute Gasteiger partial charge is 0.407 e. The van der Waals surface area contributed by atoms with Crippen LogP contribution in [0.1, 0.15) is 30.3 Å². The minimum atomic E-state index is -0.422. The Morgan fingerprint density at radius 1 is 1.31 bits per heavy atom. The number of halogens is 1. The van der Waals surface area contributed by atoms with Crippen LogP contribution in [0.15, 0.2) is 42.6 Å². The second-order valence-electron chi connectivity index (χ2n) is 6.20. The highest BCUT2D eigenvalue weighted by Crippen LogP contribution is 2.19. The number of ether oxygens (including phenoxy) is 1. The van der Waals surface area contributed by atoms with Gasteiger partial charge in [-0.1, -0.05) is 6.07 Å². The van der Waals surface area contributed by atoms with Gasteiger partial charge in [-0.15, -0.1) is 0 Å². The van der Waals surface area contributed by atoms with Crippen molar-refractivity contribution in [1.29, 1.82) is 0 Å². The van der Waals surface area contributed by atoms with Crippen LogP contribution in [0.25, 0.3) is 5.69 Å². The van der Waals surface area contributed by atoms with Crippen LogP contribution >= 0.6 is 22.6 Å². The molecule has 0 bridgehead atoms. The maximum absolute atomic E-state index is 13.1. The molecule has 0 radical (unpaired) electrons. The number of alkyl carbamates (subject to hydrolysis) is 1. The number of carbonyl (C=O) groups is 2. The summed E-state index contributed by atoms with van der Waals surface area (Å²) in [5.41, 5.74) is 1.59. The van der Waals surface area contributed by atoms with E-state index in [0.29, 0.717) is 25.4 Å². The van der Waals surface area contributed by atoms with Gasteiger partial charge in [0, 0.05) is 34.6 Å². The lowest BCUT2D eigenvalue weighted by Crippen LogP contribution is -2.50. The molecular weight excluding hydrogens is 445 g/mol. The van der Waals surface area contributed by atoms with E-state index in [9.17, 15) is 9.59 Å². The zero-order valence-corrected chi connectivity index (χ0v) is 16.8. The molecule has 1 aromatic carbocycles. The molecule has 1 aliphatic heterocycles. The number of rotatable bonds is 4. The van der Waals surface area contributed by atoms with E-state index in [-0.39, 0.29) is 11.9 Å². The summed E-state index contributed by atoms with van der Waals surface area (Å²) in [4.78, 5) is 26.5. The molecule has 26 heavy (non-hydrogen) atoms. The minimum absolute atomic E-state index is 0.0239. The summed E-state index contributed by atoms with van der Waals surface area (Å²) in [5.74, 6) is -0.0239. The van der Waals surface area contributed by atoms with Crippen molar-refractivity contribution in [3.8, 4) is 5.69 Å². The SMILES string of the molecule is CCOC(=O)NC1CCCN(C(=O)c2cccn2-c2cccc(I)c2)C1. The molecule has 7 heteroatoms. The number of aromatic nitrogens is 1. The molecule has 1 N–H and O–H groups in total. The van der Waals surface area contributed by atoms with Gasteiger partial charge in [-0.3, -0.25) is 4.79 Å². The second-order valence-corrected chi connectivity index (χ2v) is 7.44. The molecule has 2 aromatic rings. The molecule has 1 saturated heterocycles. The summed E-state index contributed by atoms with van der Waals surface area (Å²) in [6.07, 6.45) is 3.18. The van der Waals surface area contributed by atoms with Gasteiger partial charge in [0.1, 0.15) is 5.69 Å². The Balaban J connectivity index is 1.74. The van der Waals surface area contributed by atoms with E-state index >= 15 is 0 Å². The van der Waals surface area contributed by atoms with Gasteiger partial charge in [0.05, 0.1) is 6.61 Å². The average Bonchev–Trinajstić information content (AvgIpc) is 3.11. The Labute approximate surface area is 166 Å². The molecule has 6 nitrogen and oxygen atoms in total. The first-order valence-corrected chi connectivity index (χ1v) is 9.82. The topological polar surface area (TPSA) is 63.6 Å². The van der Waals surface area contributed by atoms with Crippen molar-refractivity contribution in [2.24, 2.45) is 0 Å². The Hall–Kier alpha value is -2.03. The third-order valence-electron chi connectivity index (χ3n) is 4.36. The van der Waals surface area contributed by atoms with Gasteiger partial charge in [0.2, 0.25) is 0 Å². The summed E-state index contributed by atoms with van der Waals surface area (Å²) >= 11 is 2.26. The van der Waals surface area contributed by atoms with Crippen molar-refractivity contribution in [1.82, 2.24) is 14.8 Å². The van der Waals surface area contributed by atoms with Gasteiger partial charge in [-0.2, -0.15) is 0 Å². The lowest BCUT2D eigenvalue weighted by molar-refractivity contribution is 0.0678. The molecule has 1 unspecified atom stereocenters.